The van der Waals surface area contributed by atoms with E-state index in [0.717, 1.165) is 25.8 Å². The zero-order valence-electron chi connectivity index (χ0n) is 10.3. The van der Waals surface area contributed by atoms with Crippen LogP contribution in [-0.2, 0) is 0 Å². The van der Waals surface area contributed by atoms with Crippen LogP contribution in [-0.4, -0.2) is 22.5 Å². The topological polar surface area (TPSA) is 59.3 Å². The quantitative estimate of drug-likeness (QED) is 0.479. The minimum atomic E-state index is -0.429. The van der Waals surface area contributed by atoms with E-state index in [-0.39, 0.29) is 10.8 Å². The van der Waals surface area contributed by atoms with Crippen molar-refractivity contribution in [2.75, 3.05) is 11.4 Å². The van der Waals surface area contributed by atoms with E-state index in [4.69, 9.17) is 11.6 Å². The molecule has 1 atom stereocenters. The lowest BCUT2D eigenvalue weighted by Crippen LogP contribution is -2.39. The third-order valence-electron chi connectivity index (χ3n) is 3.37. The molecule has 0 aromatic carbocycles. The van der Waals surface area contributed by atoms with Gasteiger partial charge >= 0.3 is 0 Å². The van der Waals surface area contributed by atoms with Crippen molar-refractivity contribution in [3.63, 3.8) is 0 Å². The Bertz CT molecular complexity index is 453. The number of rotatable bonds is 3. The number of nitrogens with zero attached hydrogens (tertiary/aromatic N) is 3. The Hall–Kier alpha value is -1.36. The van der Waals surface area contributed by atoms with Gasteiger partial charge in [-0.3, -0.25) is 10.1 Å². The van der Waals surface area contributed by atoms with E-state index >= 15 is 0 Å². The molecule has 5 nitrogen and oxygen atoms in total. The predicted octanol–water partition coefficient (Wildman–Crippen LogP) is 3.41. The van der Waals surface area contributed by atoms with Crippen LogP contribution in [0.2, 0.25) is 5.15 Å². The van der Waals surface area contributed by atoms with E-state index in [2.05, 4.69) is 16.8 Å². The molecule has 0 spiro atoms. The molecule has 0 aliphatic carbocycles. The van der Waals surface area contributed by atoms with Crippen LogP contribution in [0, 0.1) is 10.1 Å². The van der Waals surface area contributed by atoms with Crippen LogP contribution in [0.15, 0.2) is 12.1 Å². The minimum absolute atomic E-state index is 0.00502. The van der Waals surface area contributed by atoms with E-state index in [0.29, 0.717) is 11.9 Å². The third kappa shape index (κ3) is 2.72. The first kappa shape index (κ1) is 13.1. The summed E-state index contributed by atoms with van der Waals surface area (Å²) in [5.41, 5.74) is 0.00502. The van der Waals surface area contributed by atoms with Gasteiger partial charge in [0, 0.05) is 12.6 Å². The molecule has 0 radical (unpaired) electrons. The molecule has 0 saturated carbocycles. The van der Waals surface area contributed by atoms with Gasteiger partial charge in [-0.25, -0.2) is 4.98 Å². The molecule has 1 unspecified atom stereocenters. The summed E-state index contributed by atoms with van der Waals surface area (Å²) in [6.45, 7) is 3.02. The Morgan fingerprint density at radius 1 is 1.56 bits per heavy atom. The summed E-state index contributed by atoms with van der Waals surface area (Å²) in [5, 5.41) is 11.0. The fraction of sp³-hybridized carbons (Fsp3) is 0.583. The van der Waals surface area contributed by atoms with Crippen LogP contribution < -0.4 is 4.90 Å². The number of piperidine rings is 1. The van der Waals surface area contributed by atoms with Crippen molar-refractivity contribution in [1.82, 2.24) is 4.98 Å². The van der Waals surface area contributed by atoms with Crippen molar-refractivity contribution < 1.29 is 4.92 Å². The van der Waals surface area contributed by atoms with Gasteiger partial charge in [-0.15, -0.1) is 0 Å². The highest BCUT2D eigenvalue weighted by Gasteiger charge is 2.24. The fourth-order valence-corrected chi connectivity index (χ4v) is 2.65. The Labute approximate surface area is 111 Å². The number of halogens is 1. The van der Waals surface area contributed by atoms with Gasteiger partial charge in [0.15, 0.2) is 0 Å². The molecule has 1 aliphatic rings. The molecule has 1 saturated heterocycles. The fourth-order valence-electron chi connectivity index (χ4n) is 2.45. The standard InChI is InChI=1S/C12H16ClN3O2/c1-2-9-5-3-4-6-15(9)12-8-10(16(17)18)7-11(13)14-12/h7-9H,2-6H2,1H3. The second-order valence-electron chi connectivity index (χ2n) is 4.51. The smallest absolute Gasteiger partial charge is 0.276 e. The van der Waals surface area contributed by atoms with Crippen molar-refractivity contribution in [2.45, 2.75) is 38.6 Å². The number of hydrogen-bond donors (Lipinski definition) is 0. The SMILES string of the molecule is CCC1CCCCN1c1cc([N+](=O)[O-])cc(Cl)n1. The number of hydrogen-bond acceptors (Lipinski definition) is 4. The van der Waals surface area contributed by atoms with Crippen LogP contribution in [0.5, 0.6) is 0 Å². The maximum absolute atomic E-state index is 10.8. The number of aromatic nitrogens is 1. The second-order valence-corrected chi connectivity index (χ2v) is 4.90. The van der Waals surface area contributed by atoms with Gasteiger partial charge in [0.2, 0.25) is 0 Å². The van der Waals surface area contributed by atoms with E-state index in [1.807, 2.05) is 0 Å². The highest BCUT2D eigenvalue weighted by Crippen LogP contribution is 2.29. The first-order valence-electron chi connectivity index (χ1n) is 6.20. The van der Waals surface area contributed by atoms with Gasteiger partial charge in [0.05, 0.1) is 17.1 Å². The molecule has 6 heteroatoms. The lowest BCUT2D eigenvalue weighted by atomic mass is 10.00. The van der Waals surface area contributed by atoms with Crippen molar-refractivity contribution >= 4 is 23.1 Å². The summed E-state index contributed by atoms with van der Waals surface area (Å²) >= 11 is 5.86. The highest BCUT2D eigenvalue weighted by atomic mass is 35.5. The van der Waals surface area contributed by atoms with Crippen molar-refractivity contribution in [3.05, 3.63) is 27.4 Å². The van der Waals surface area contributed by atoms with E-state index < -0.39 is 4.92 Å². The number of pyridine rings is 1. The molecule has 1 aromatic rings. The molecule has 0 amide bonds. The monoisotopic (exact) mass is 269 g/mol. The average molecular weight is 270 g/mol. The first-order chi connectivity index (χ1) is 8.61. The predicted molar refractivity (Wildman–Crippen MR) is 71.2 cm³/mol. The van der Waals surface area contributed by atoms with Gasteiger partial charge in [0.25, 0.3) is 5.69 Å². The summed E-state index contributed by atoms with van der Waals surface area (Å²) in [6.07, 6.45) is 4.43. The Morgan fingerprint density at radius 3 is 3.00 bits per heavy atom. The summed E-state index contributed by atoms with van der Waals surface area (Å²) < 4.78 is 0. The minimum Gasteiger partial charge on any atom is -0.353 e. The van der Waals surface area contributed by atoms with Crippen LogP contribution in [0.25, 0.3) is 0 Å². The van der Waals surface area contributed by atoms with Crippen LogP contribution >= 0.6 is 11.6 Å². The Balaban J connectivity index is 2.33. The summed E-state index contributed by atoms with van der Waals surface area (Å²) in [4.78, 5) is 16.8. The first-order valence-corrected chi connectivity index (χ1v) is 6.58. The van der Waals surface area contributed by atoms with Gasteiger partial charge in [-0.05, 0) is 25.7 Å². The normalized spacial score (nSPS) is 19.9. The molecule has 2 rings (SSSR count). The van der Waals surface area contributed by atoms with E-state index in [1.54, 1.807) is 0 Å². The van der Waals surface area contributed by atoms with Gasteiger partial charge < -0.3 is 4.90 Å². The summed E-state index contributed by atoms with van der Waals surface area (Å²) in [7, 11) is 0. The van der Waals surface area contributed by atoms with Gasteiger partial charge in [-0.2, -0.15) is 0 Å². The van der Waals surface area contributed by atoms with Crippen molar-refractivity contribution in [2.24, 2.45) is 0 Å². The van der Waals surface area contributed by atoms with Crippen LogP contribution in [0.4, 0.5) is 11.5 Å². The number of anilines is 1. The summed E-state index contributed by atoms with van der Waals surface area (Å²) in [5.74, 6) is 0.626. The second kappa shape index (κ2) is 5.52. The van der Waals surface area contributed by atoms with Crippen LogP contribution in [0.1, 0.15) is 32.6 Å². The molecule has 1 fully saturated rings. The highest BCUT2D eigenvalue weighted by molar-refractivity contribution is 6.29. The average Bonchev–Trinajstić information content (AvgIpc) is 2.38. The van der Waals surface area contributed by atoms with Gasteiger partial charge in [-0.1, -0.05) is 18.5 Å². The Kier molecular flexibility index (Phi) is 4.01. The molecule has 2 heterocycles. The molecule has 1 aromatic heterocycles. The van der Waals surface area contributed by atoms with E-state index in [1.165, 1.54) is 18.6 Å². The molecule has 0 bridgehead atoms. The molecule has 0 N–H and O–H groups in total. The Morgan fingerprint density at radius 2 is 2.33 bits per heavy atom. The zero-order chi connectivity index (χ0) is 13.1. The molecular weight excluding hydrogens is 254 g/mol. The zero-order valence-corrected chi connectivity index (χ0v) is 11.1. The third-order valence-corrected chi connectivity index (χ3v) is 3.56. The van der Waals surface area contributed by atoms with Crippen molar-refractivity contribution in [1.29, 1.82) is 0 Å². The maximum atomic E-state index is 10.8. The number of nitro groups is 1. The lowest BCUT2D eigenvalue weighted by Gasteiger charge is -2.36. The van der Waals surface area contributed by atoms with Crippen molar-refractivity contribution in [3.8, 4) is 0 Å². The largest absolute Gasteiger partial charge is 0.353 e. The molecule has 1 aliphatic heterocycles. The molecular formula is C12H16ClN3O2. The molecule has 98 valence electrons. The summed E-state index contributed by atoms with van der Waals surface area (Å²) in [6, 6.07) is 3.21. The lowest BCUT2D eigenvalue weighted by molar-refractivity contribution is -0.384. The van der Waals surface area contributed by atoms with Crippen LogP contribution in [0.3, 0.4) is 0 Å². The molecule has 18 heavy (non-hydrogen) atoms. The van der Waals surface area contributed by atoms with E-state index in [9.17, 15) is 10.1 Å². The van der Waals surface area contributed by atoms with Gasteiger partial charge in [0.1, 0.15) is 11.0 Å². The maximum Gasteiger partial charge on any atom is 0.276 e.